The average Bonchev–Trinajstić information content (AvgIpc) is 3.66. The Morgan fingerprint density at radius 1 is 0.773 bits per heavy atom. The Morgan fingerprint density at radius 3 is 2.08 bits per heavy atom. The molecule has 398 valence electrons. The van der Waals surface area contributed by atoms with Gasteiger partial charge in [0.25, 0.3) is 21.6 Å². The molecule has 0 aliphatic carbocycles. The van der Waals surface area contributed by atoms with Gasteiger partial charge in [0.05, 0.1) is 27.3 Å². The van der Waals surface area contributed by atoms with Gasteiger partial charge in [-0.15, -0.1) is 0 Å². The summed E-state index contributed by atoms with van der Waals surface area (Å²) in [6, 6.07) is 37.0. The zero-order valence-corrected chi connectivity index (χ0v) is 45.6. The minimum atomic E-state index is -4.18. The zero-order chi connectivity index (χ0) is 53.4. The standard InChI is InChI=1S/C55H67ClN10O7S2/c1-40-52(55(67)57-27-29-62-30-36-65(37-31-62)74(5,70)71)53(54(61(40)4)42-15-17-44(56)18-16-42)43-12-9-13-48(38-43)64-34-32-63(33-35-64)47-22-20-46(21-23-47)59-75(72,73)49-24-25-50(51(39-49)66(68)69)58-45(26-28-60(2)3)19-14-41-10-7-6-8-11-41/h6-13,15-18,20-25,38-39,45,58-59H,14,19,26-37H2,1-5H3,(H,57,67)/t45-/m0/s1. The first-order chi connectivity index (χ1) is 35.8. The van der Waals surface area contributed by atoms with E-state index >= 15 is 0 Å². The van der Waals surface area contributed by atoms with E-state index in [1.54, 1.807) is 12.1 Å². The lowest BCUT2D eigenvalue weighted by atomic mass is 9.95. The number of rotatable bonds is 21. The van der Waals surface area contributed by atoms with Crippen LogP contribution in [0.2, 0.25) is 5.02 Å². The minimum Gasteiger partial charge on any atom is -0.377 e. The third-order valence-electron chi connectivity index (χ3n) is 14.2. The van der Waals surface area contributed by atoms with Crippen molar-refractivity contribution in [2.45, 2.75) is 37.1 Å². The highest BCUT2D eigenvalue weighted by atomic mass is 35.5. The van der Waals surface area contributed by atoms with Crippen LogP contribution >= 0.6 is 11.6 Å². The van der Waals surface area contributed by atoms with Gasteiger partial charge in [-0.1, -0.05) is 66.2 Å². The predicted molar refractivity (Wildman–Crippen MR) is 301 cm³/mol. The van der Waals surface area contributed by atoms with E-state index in [-0.39, 0.29) is 28.2 Å². The molecular weight excluding hydrogens is 1010 g/mol. The Balaban J connectivity index is 0.922. The molecule has 75 heavy (non-hydrogen) atoms. The third-order valence-corrected chi connectivity index (χ3v) is 17.1. The zero-order valence-electron chi connectivity index (χ0n) is 43.2. The van der Waals surface area contributed by atoms with Crippen molar-refractivity contribution >= 4 is 66.0 Å². The molecule has 0 spiro atoms. The average molecular weight is 1080 g/mol. The Labute approximate surface area is 446 Å². The summed E-state index contributed by atoms with van der Waals surface area (Å²) in [6.45, 7) is 8.55. The highest BCUT2D eigenvalue weighted by Crippen LogP contribution is 2.41. The second kappa shape index (κ2) is 24.0. The Bertz CT molecular complexity index is 3180. The molecule has 3 N–H and O–H groups in total. The molecule has 0 bridgehead atoms. The molecule has 6 aromatic rings. The van der Waals surface area contributed by atoms with Gasteiger partial charge < -0.3 is 29.9 Å². The van der Waals surface area contributed by atoms with E-state index in [2.05, 4.69) is 63.8 Å². The minimum absolute atomic E-state index is 0.0851. The molecular formula is C55H67ClN10O7S2. The molecule has 2 aliphatic heterocycles. The summed E-state index contributed by atoms with van der Waals surface area (Å²) < 4.78 is 57.6. The van der Waals surface area contributed by atoms with E-state index in [1.165, 1.54) is 28.3 Å². The number of piperazine rings is 2. The van der Waals surface area contributed by atoms with Gasteiger partial charge in [-0.25, -0.2) is 16.8 Å². The molecule has 3 heterocycles. The van der Waals surface area contributed by atoms with Crippen LogP contribution in [-0.4, -0.2) is 145 Å². The van der Waals surface area contributed by atoms with Gasteiger partial charge in [0, 0.05) is 118 Å². The number of hydrogen-bond acceptors (Lipinski definition) is 12. The fourth-order valence-corrected chi connectivity index (χ4v) is 11.9. The fraction of sp³-hybridized carbons (Fsp3) is 0.364. The lowest BCUT2D eigenvalue weighted by Crippen LogP contribution is -2.49. The van der Waals surface area contributed by atoms with Gasteiger partial charge in [-0.2, -0.15) is 4.31 Å². The van der Waals surface area contributed by atoms with Crippen molar-refractivity contribution in [1.82, 2.24) is 24.0 Å². The molecule has 0 radical (unpaired) electrons. The maximum atomic E-state index is 14.3. The van der Waals surface area contributed by atoms with Gasteiger partial charge in [0.2, 0.25) is 10.0 Å². The number of nitrogens with one attached hydrogen (secondary N) is 3. The molecule has 0 unspecified atom stereocenters. The van der Waals surface area contributed by atoms with Crippen LogP contribution in [0.15, 0.2) is 126 Å². The van der Waals surface area contributed by atoms with Crippen LogP contribution < -0.4 is 25.2 Å². The number of aromatic nitrogens is 1. The molecule has 1 aromatic heterocycles. The quantitative estimate of drug-likeness (QED) is 0.0467. The topological polar surface area (TPSA) is 186 Å². The van der Waals surface area contributed by atoms with Crippen molar-refractivity contribution in [1.29, 1.82) is 0 Å². The van der Waals surface area contributed by atoms with Crippen molar-refractivity contribution in [3.63, 3.8) is 0 Å². The van der Waals surface area contributed by atoms with Crippen LogP contribution in [0, 0.1) is 17.0 Å². The molecule has 1 atom stereocenters. The van der Waals surface area contributed by atoms with Crippen molar-refractivity contribution in [2.24, 2.45) is 7.05 Å². The predicted octanol–water partition coefficient (Wildman–Crippen LogP) is 8.03. The summed E-state index contributed by atoms with van der Waals surface area (Å²) in [5.74, 6) is -0.188. The smallest absolute Gasteiger partial charge is 0.293 e. The highest BCUT2D eigenvalue weighted by molar-refractivity contribution is 7.92. The molecule has 8 rings (SSSR count). The van der Waals surface area contributed by atoms with Gasteiger partial charge >= 0.3 is 0 Å². The van der Waals surface area contributed by atoms with Crippen LogP contribution in [0.4, 0.5) is 28.4 Å². The van der Waals surface area contributed by atoms with E-state index in [9.17, 15) is 31.7 Å². The number of sulfonamides is 2. The van der Waals surface area contributed by atoms with E-state index < -0.39 is 25.0 Å². The van der Waals surface area contributed by atoms with Crippen LogP contribution in [0.25, 0.3) is 22.4 Å². The number of hydrogen-bond donors (Lipinski definition) is 3. The summed E-state index contributed by atoms with van der Waals surface area (Å²) in [4.78, 5) is 34.7. The highest BCUT2D eigenvalue weighted by Gasteiger charge is 2.29. The van der Waals surface area contributed by atoms with Gasteiger partial charge in [0.15, 0.2) is 0 Å². The second-order valence-electron chi connectivity index (χ2n) is 19.6. The van der Waals surface area contributed by atoms with Crippen molar-refractivity contribution in [3.8, 4) is 22.4 Å². The number of benzene rings is 5. The summed E-state index contributed by atoms with van der Waals surface area (Å²) in [7, 11) is -1.50. The molecule has 1 amide bonds. The lowest BCUT2D eigenvalue weighted by Gasteiger charge is -2.37. The molecule has 5 aromatic carbocycles. The number of nitro benzene ring substituents is 1. The van der Waals surface area contributed by atoms with Gasteiger partial charge in [-0.05, 0) is 124 Å². The number of nitrogens with zero attached hydrogens (tertiary/aromatic N) is 7. The molecule has 2 aliphatic rings. The van der Waals surface area contributed by atoms with Crippen molar-refractivity contribution in [2.75, 3.05) is 112 Å². The molecule has 20 heteroatoms. The van der Waals surface area contributed by atoms with Crippen LogP contribution in [0.3, 0.4) is 0 Å². The fourth-order valence-electron chi connectivity index (χ4n) is 9.90. The molecule has 2 fully saturated rings. The lowest BCUT2D eigenvalue weighted by molar-refractivity contribution is -0.384. The normalized spacial score (nSPS) is 15.2. The Morgan fingerprint density at radius 2 is 1.44 bits per heavy atom. The molecule has 17 nitrogen and oxygen atoms in total. The van der Waals surface area contributed by atoms with Crippen molar-refractivity contribution < 1.29 is 26.6 Å². The maximum absolute atomic E-state index is 14.3. The van der Waals surface area contributed by atoms with Crippen LogP contribution in [0.5, 0.6) is 0 Å². The first-order valence-electron chi connectivity index (χ1n) is 25.2. The third kappa shape index (κ3) is 13.7. The van der Waals surface area contributed by atoms with Crippen LogP contribution in [-0.2, 0) is 33.5 Å². The van der Waals surface area contributed by atoms with Crippen LogP contribution in [0.1, 0.15) is 34.5 Å². The van der Waals surface area contributed by atoms with Gasteiger partial charge in [0.1, 0.15) is 5.69 Å². The number of nitro groups is 1. The Hall–Kier alpha value is -6.48. The number of carbonyl (C=O) groups is 1. The SMILES string of the molecule is Cc1c(C(=O)NCCN2CCN(S(C)(=O)=O)CC2)c(-c2cccc(N3CCN(c4ccc(NS(=O)(=O)c5ccc(N[C@@H](CCc6ccccc6)CCN(C)C)c([N+](=O)[O-])c5)cc4)CC3)c2)c(-c2ccc(Cl)cc2)n1C. The number of halogens is 1. The van der Waals surface area contributed by atoms with E-state index in [0.29, 0.717) is 81.7 Å². The van der Waals surface area contributed by atoms with E-state index in [1.807, 2.05) is 94.8 Å². The van der Waals surface area contributed by atoms with Gasteiger partial charge in [-0.3, -0.25) is 24.5 Å². The Kier molecular flexibility index (Phi) is 17.5. The summed E-state index contributed by atoms with van der Waals surface area (Å²) >= 11 is 6.34. The monoisotopic (exact) mass is 1080 g/mol. The molecule has 0 saturated carbocycles. The first-order valence-corrected chi connectivity index (χ1v) is 28.9. The number of aryl methyl sites for hydroxylation is 1. The first kappa shape index (κ1) is 54.8. The molecule has 2 saturated heterocycles. The largest absolute Gasteiger partial charge is 0.377 e. The summed E-state index contributed by atoms with van der Waals surface area (Å²) in [5.41, 5.74) is 8.30. The summed E-state index contributed by atoms with van der Waals surface area (Å²) in [5, 5.41) is 19.5. The summed E-state index contributed by atoms with van der Waals surface area (Å²) in [6.07, 6.45) is 3.50. The van der Waals surface area contributed by atoms with E-state index in [0.717, 1.165) is 71.3 Å². The van der Waals surface area contributed by atoms with E-state index in [4.69, 9.17) is 11.6 Å². The maximum Gasteiger partial charge on any atom is 0.293 e. The number of anilines is 4. The number of carbonyl (C=O) groups excluding carboxylic acids is 1. The van der Waals surface area contributed by atoms with Crippen molar-refractivity contribution in [3.05, 3.63) is 153 Å². The number of amides is 1. The second-order valence-corrected chi connectivity index (χ2v) is 23.7.